The molecule has 4 atom stereocenters. The third kappa shape index (κ3) is 12.4. The average Bonchev–Trinajstić information content (AvgIpc) is 1.72. The van der Waals surface area contributed by atoms with Gasteiger partial charge in [0.25, 0.3) is 0 Å². The third-order valence-electron chi connectivity index (χ3n) is 15.9. The molecule has 2 aliphatic carbocycles. The number of benzene rings is 8. The van der Waals surface area contributed by atoms with E-state index in [0.29, 0.717) is 59.4 Å². The Morgan fingerprint density at radius 1 is 0.437 bits per heavy atom. The van der Waals surface area contributed by atoms with Crippen LogP contribution in [0.15, 0.2) is 140 Å². The van der Waals surface area contributed by atoms with Gasteiger partial charge in [0.1, 0.15) is 5.75 Å². The molecule has 1 heterocycles. The fraction of sp³-hybridized carbons (Fsp3) is 0.250. The quantitative estimate of drug-likeness (QED) is 0.133. The van der Waals surface area contributed by atoms with Crippen molar-refractivity contribution < 1.29 is 97.5 Å². The predicted octanol–water partition coefficient (Wildman–Crippen LogP) is 21.0. The second-order valence-corrected chi connectivity index (χ2v) is 23.4. The van der Waals surface area contributed by atoms with Crippen molar-refractivity contribution in [3.63, 3.8) is 0 Å². The van der Waals surface area contributed by atoms with Gasteiger partial charge in [0, 0.05) is 23.0 Å². The maximum absolute atomic E-state index is 15.0. The van der Waals surface area contributed by atoms with Gasteiger partial charge in [-0.1, -0.05) is 48.5 Å². The van der Waals surface area contributed by atoms with Gasteiger partial charge in [-0.2, -0.15) is 79.0 Å². The molecule has 0 saturated heterocycles. The van der Waals surface area contributed by atoms with E-state index < -0.39 is 113 Å². The summed E-state index contributed by atoms with van der Waals surface area (Å²) in [6, 6.07) is 22.5. The summed E-state index contributed by atoms with van der Waals surface area (Å²) in [5.74, 6) is -2.92. The van der Waals surface area contributed by atoms with Crippen LogP contribution in [0.1, 0.15) is 103 Å². The Kier molecular flexibility index (Phi) is 15.0. The number of phosphoric acid groups is 1. The minimum absolute atomic E-state index is 0.00505. The lowest BCUT2D eigenvalue weighted by molar-refractivity contribution is -0.144. The summed E-state index contributed by atoms with van der Waals surface area (Å²) in [6.45, 7) is 2.66. The maximum atomic E-state index is 15.0. The molecule has 23 heteroatoms. The number of halogens is 18. The number of hydrogen-bond acceptors (Lipinski definition) is 3. The molecule has 8 aromatic carbocycles. The molecule has 1 aliphatic heterocycles. The van der Waals surface area contributed by atoms with Crippen LogP contribution in [-0.2, 0) is 65.4 Å². The summed E-state index contributed by atoms with van der Waals surface area (Å²) in [5.41, 5.74) is -9.90. The Morgan fingerprint density at radius 3 is 1.26 bits per heavy atom. The summed E-state index contributed by atoms with van der Waals surface area (Å²) < 4.78 is 288. The molecule has 0 amide bonds. The normalized spacial score (nSPS) is 19.1. The van der Waals surface area contributed by atoms with Crippen molar-refractivity contribution in [3.8, 4) is 61.4 Å². The minimum atomic E-state index is -5.60. The van der Waals surface area contributed by atoms with Crippen molar-refractivity contribution in [2.24, 2.45) is 0 Å². The largest absolute Gasteiger partial charge is 0.527 e. The van der Waals surface area contributed by atoms with Crippen LogP contribution in [0.25, 0.3) is 55.6 Å². The lowest BCUT2D eigenvalue weighted by Gasteiger charge is -2.40. The summed E-state index contributed by atoms with van der Waals surface area (Å²) in [5, 5.41) is 0. The number of aryl methyl sites for hydroxylation is 3. The van der Waals surface area contributed by atoms with Crippen molar-refractivity contribution in [2.75, 3.05) is 0 Å². The molecule has 454 valence electrons. The first-order valence-electron chi connectivity index (χ1n) is 26.6. The molecule has 0 saturated carbocycles. The molecule has 11 rings (SSSR count). The van der Waals surface area contributed by atoms with Crippen LogP contribution in [0.3, 0.4) is 0 Å². The standard InChI is InChI=1S/C64H43F18O4P/c1-31-11-35(21-45(13-31)59(65,66)67)37-15-39(41-23-47(61(71,72)73)29-48(24-41)62(74,75)76)19-43(17-37)53-27-33-7-3-5-9-51(33)55-56-52-10-6-4-8-34(52)28-54(58(56)86-87(83,84)85-57(53)55)44-18-38(36-12-32(2)14-46(22-36)60(68,69)70)16-40(20-44)42-25-49(63(77,78)79)30-50(26-42)64(80,81)82/h3,5,7,9,11-26,28-30,53,55,57H,4,6,8,10,27H2,1-2H3,(H,83,84)/t53?,55-,57-/m1/s1. The first-order chi connectivity index (χ1) is 40.4. The van der Waals surface area contributed by atoms with Crippen LogP contribution < -0.4 is 4.52 Å². The molecule has 0 radical (unpaired) electrons. The lowest BCUT2D eigenvalue weighted by Crippen LogP contribution is -2.35. The monoisotopic (exact) mass is 1250 g/mol. The second-order valence-electron chi connectivity index (χ2n) is 22.0. The molecule has 87 heavy (non-hydrogen) atoms. The van der Waals surface area contributed by atoms with Gasteiger partial charge in [0.15, 0.2) is 0 Å². The zero-order valence-electron chi connectivity index (χ0n) is 45.0. The average molecular weight is 1250 g/mol. The SMILES string of the molecule is Cc1cc(-c2cc(-c3cc(C(F)(F)F)cc(C(F)(F)F)c3)cc(-c3cc4c(c5c3OP(=O)(O)O[C@@H]3C(c6cc(-c7cc(C)cc(C(F)(F)F)c7)cc(-c7cc(C(F)(F)F)cc(C(F)(F)F)c7)c6)Cc6ccccc6[C@H]53)CCCC4)c2)cc(C(F)(F)F)c1. The van der Waals surface area contributed by atoms with E-state index in [0.717, 1.165) is 42.5 Å². The third-order valence-corrected chi connectivity index (χ3v) is 16.8. The molecule has 2 unspecified atom stereocenters. The Balaban J connectivity index is 1.19. The Morgan fingerprint density at radius 2 is 0.816 bits per heavy atom. The van der Waals surface area contributed by atoms with Crippen LogP contribution in [-0.4, -0.2) is 11.0 Å². The van der Waals surface area contributed by atoms with Gasteiger partial charge in [-0.15, -0.1) is 0 Å². The van der Waals surface area contributed by atoms with Gasteiger partial charge >= 0.3 is 44.9 Å². The van der Waals surface area contributed by atoms with E-state index in [-0.39, 0.29) is 98.2 Å². The summed E-state index contributed by atoms with van der Waals surface area (Å²) >= 11 is 0. The molecular formula is C64H43F18O4P. The topological polar surface area (TPSA) is 55.8 Å². The van der Waals surface area contributed by atoms with E-state index in [1.807, 2.05) is 0 Å². The molecule has 3 aliphatic rings. The number of phosphoric ester groups is 1. The molecule has 8 aromatic rings. The highest BCUT2D eigenvalue weighted by atomic mass is 31.2. The van der Waals surface area contributed by atoms with Crippen LogP contribution in [0.4, 0.5) is 79.0 Å². The molecule has 0 aromatic heterocycles. The highest BCUT2D eigenvalue weighted by Gasteiger charge is 2.50. The van der Waals surface area contributed by atoms with E-state index in [2.05, 4.69) is 0 Å². The first kappa shape index (κ1) is 61.1. The van der Waals surface area contributed by atoms with Crippen LogP contribution in [0, 0.1) is 13.8 Å². The molecular weight excluding hydrogens is 1210 g/mol. The zero-order valence-corrected chi connectivity index (χ0v) is 45.9. The highest BCUT2D eigenvalue weighted by Crippen LogP contribution is 2.63. The van der Waals surface area contributed by atoms with E-state index >= 15 is 4.57 Å². The van der Waals surface area contributed by atoms with Crippen LogP contribution in [0.2, 0.25) is 0 Å². The van der Waals surface area contributed by atoms with Gasteiger partial charge in [-0.05, 0) is 226 Å². The van der Waals surface area contributed by atoms with Crippen molar-refractivity contribution in [3.05, 3.63) is 217 Å². The van der Waals surface area contributed by atoms with Gasteiger partial charge < -0.3 is 4.52 Å². The second kappa shape index (κ2) is 21.4. The van der Waals surface area contributed by atoms with Crippen molar-refractivity contribution >= 4 is 7.82 Å². The molecule has 0 bridgehead atoms. The van der Waals surface area contributed by atoms with Gasteiger partial charge in [0.2, 0.25) is 0 Å². The summed E-state index contributed by atoms with van der Waals surface area (Å²) in [4.78, 5) is 12.1. The molecule has 0 spiro atoms. The molecule has 1 N–H and O–H groups in total. The Labute approximate surface area is 483 Å². The minimum Gasteiger partial charge on any atom is -0.403 e. The van der Waals surface area contributed by atoms with E-state index in [4.69, 9.17) is 9.05 Å². The predicted molar refractivity (Wildman–Crippen MR) is 286 cm³/mol. The van der Waals surface area contributed by atoms with Crippen LogP contribution in [0.5, 0.6) is 5.75 Å². The highest BCUT2D eigenvalue weighted by molar-refractivity contribution is 7.47. The first-order valence-corrected chi connectivity index (χ1v) is 28.1. The summed E-state index contributed by atoms with van der Waals surface area (Å²) in [6.07, 6.45) is -31.5. The van der Waals surface area contributed by atoms with Gasteiger partial charge in [-0.3, -0.25) is 9.42 Å². The number of fused-ring (bicyclic) bond motifs is 7. The smallest absolute Gasteiger partial charge is 0.403 e. The van der Waals surface area contributed by atoms with Crippen molar-refractivity contribution in [1.82, 2.24) is 0 Å². The van der Waals surface area contributed by atoms with Gasteiger partial charge in [0.05, 0.1) is 39.5 Å². The number of hydrogen-bond donors (Lipinski definition) is 1. The van der Waals surface area contributed by atoms with Crippen molar-refractivity contribution in [1.29, 1.82) is 0 Å². The summed E-state index contributed by atoms with van der Waals surface area (Å²) in [7, 11) is -5.60. The lowest BCUT2D eigenvalue weighted by atomic mass is 9.67. The Bertz CT molecular complexity index is 4050. The fourth-order valence-electron chi connectivity index (χ4n) is 12.2. The van der Waals surface area contributed by atoms with Crippen LogP contribution >= 0.6 is 7.82 Å². The number of alkyl halides is 18. The van der Waals surface area contributed by atoms with Crippen molar-refractivity contribution in [2.45, 2.75) is 101 Å². The maximum Gasteiger partial charge on any atom is 0.527 e. The van der Waals surface area contributed by atoms with Gasteiger partial charge in [-0.25, -0.2) is 4.57 Å². The Hall–Kier alpha value is -7.55. The molecule has 4 nitrogen and oxygen atoms in total. The van der Waals surface area contributed by atoms with E-state index in [9.17, 15) is 83.9 Å². The molecule has 0 fully saturated rings. The zero-order chi connectivity index (χ0) is 62.9. The fourth-order valence-corrected chi connectivity index (χ4v) is 13.2. The number of rotatable bonds is 6. The van der Waals surface area contributed by atoms with E-state index in [1.54, 1.807) is 24.3 Å². The van der Waals surface area contributed by atoms with E-state index in [1.165, 1.54) is 50.2 Å².